The van der Waals surface area contributed by atoms with Gasteiger partial charge in [0, 0.05) is 37.4 Å². The lowest BCUT2D eigenvalue weighted by atomic mass is 9.94. The first-order valence-electron chi connectivity index (χ1n) is 7.92. The van der Waals surface area contributed by atoms with Crippen molar-refractivity contribution in [1.29, 1.82) is 0 Å². The van der Waals surface area contributed by atoms with E-state index in [2.05, 4.69) is 26.5 Å². The number of nitrogens with one attached hydrogen (secondary N) is 2. The molecule has 20 heavy (non-hydrogen) atoms. The zero-order chi connectivity index (χ0) is 13.8. The van der Waals surface area contributed by atoms with Crippen LogP contribution in [0.2, 0.25) is 0 Å². The third kappa shape index (κ3) is 3.59. The molecule has 0 amide bonds. The van der Waals surface area contributed by atoms with Crippen molar-refractivity contribution in [2.75, 3.05) is 26.2 Å². The summed E-state index contributed by atoms with van der Waals surface area (Å²) in [6.45, 7) is 4.35. The fraction of sp³-hybridized carbons (Fsp3) is 0.800. The number of aliphatic hydroxyl groups is 1. The van der Waals surface area contributed by atoms with Gasteiger partial charge in [0.2, 0.25) is 0 Å². The fourth-order valence-corrected chi connectivity index (χ4v) is 3.03. The van der Waals surface area contributed by atoms with Gasteiger partial charge in [-0.05, 0) is 51.3 Å². The number of aryl methyl sites for hydroxylation is 1. The summed E-state index contributed by atoms with van der Waals surface area (Å²) < 4.78 is 2.15. The molecular formula is C15H26N4O. The molecule has 112 valence electrons. The van der Waals surface area contributed by atoms with Crippen LogP contribution >= 0.6 is 0 Å². The quantitative estimate of drug-likeness (QED) is 0.647. The van der Waals surface area contributed by atoms with Gasteiger partial charge in [-0.15, -0.1) is 0 Å². The van der Waals surface area contributed by atoms with E-state index in [4.69, 9.17) is 0 Å². The highest BCUT2D eigenvalue weighted by molar-refractivity contribution is 5.13. The number of β-amino-alcohol motifs (C(OH)–C–C–N with tert-alkyl or cyclic N) is 1. The van der Waals surface area contributed by atoms with Gasteiger partial charge in [0.1, 0.15) is 0 Å². The van der Waals surface area contributed by atoms with E-state index in [1.54, 1.807) is 0 Å². The molecule has 2 heterocycles. The van der Waals surface area contributed by atoms with Crippen LogP contribution in [0.4, 0.5) is 0 Å². The summed E-state index contributed by atoms with van der Waals surface area (Å²) in [5.41, 5.74) is 0.850. The zero-order valence-corrected chi connectivity index (χ0v) is 12.1. The van der Waals surface area contributed by atoms with E-state index >= 15 is 0 Å². The first-order valence-corrected chi connectivity index (χ1v) is 7.92. The van der Waals surface area contributed by atoms with Crippen molar-refractivity contribution in [1.82, 2.24) is 20.4 Å². The van der Waals surface area contributed by atoms with Crippen LogP contribution in [0.3, 0.4) is 0 Å². The topological polar surface area (TPSA) is 62.1 Å². The van der Waals surface area contributed by atoms with Crippen LogP contribution < -0.4 is 10.6 Å². The maximum absolute atomic E-state index is 10.3. The lowest BCUT2D eigenvalue weighted by molar-refractivity contribution is 0.0172. The minimum absolute atomic E-state index is 0.552. The van der Waals surface area contributed by atoms with Crippen LogP contribution in [0.5, 0.6) is 0 Å². The van der Waals surface area contributed by atoms with Crippen molar-refractivity contribution in [3.63, 3.8) is 0 Å². The van der Waals surface area contributed by atoms with Crippen LogP contribution in [0.15, 0.2) is 12.3 Å². The number of hydrogen-bond donors (Lipinski definition) is 3. The molecular weight excluding hydrogens is 252 g/mol. The molecule has 5 nitrogen and oxygen atoms in total. The van der Waals surface area contributed by atoms with E-state index in [1.807, 2.05) is 6.20 Å². The molecule has 2 aliphatic rings. The van der Waals surface area contributed by atoms with Crippen molar-refractivity contribution in [3.8, 4) is 0 Å². The Morgan fingerprint density at radius 2 is 2.40 bits per heavy atom. The van der Waals surface area contributed by atoms with Crippen molar-refractivity contribution in [3.05, 3.63) is 18.0 Å². The fourth-order valence-electron chi connectivity index (χ4n) is 3.03. The highest BCUT2D eigenvalue weighted by atomic mass is 16.3. The normalized spacial score (nSPS) is 26.9. The molecule has 1 aliphatic heterocycles. The summed E-state index contributed by atoms with van der Waals surface area (Å²) in [5.74, 6) is 0.763. The molecule has 0 spiro atoms. The van der Waals surface area contributed by atoms with Gasteiger partial charge >= 0.3 is 0 Å². The SMILES string of the molecule is O[C@]1(CNCCCn2nccc2C2CC2)CCCNC1. The van der Waals surface area contributed by atoms with Gasteiger partial charge in [0.15, 0.2) is 0 Å². The van der Waals surface area contributed by atoms with E-state index in [-0.39, 0.29) is 0 Å². The molecule has 1 aromatic heterocycles. The summed E-state index contributed by atoms with van der Waals surface area (Å²) in [7, 11) is 0. The predicted octanol–water partition coefficient (Wildman–Crippen LogP) is 0.855. The molecule has 1 atom stereocenters. The maximum atomic E-state index is 10.3. The molecule has 3 N–H and O–H groups in total. The number of aromatic nitrogens is 2. The van der Waals surface area contributed by atoms with Crippen LogP contribution in [0.25, 0.3) is 0 Å². The highest BCUT2D eigenvalue weighted by Crippen LogP contribution is 2.39. The van der Waals surface area contributed by atoms with Crippen molar-refractivity contribution < 1.29 is 5.11 Å². The largest absolute Gasteiger partial charge is 0.387 e. The Morgan fingerprint density at radius 3 is 3.15 bits per heavy atom. The predicted molar refractivity (Wildman–Crippen MR) is 78.7 cm³/mol. The second-order valence-corrected chi connectivity index (χ2v) is 6.29. The van der Waals surface area contributed by atoms with E-state index in [0.717, 1.165) is 44.8 Å². The van der Waals surface area contributed by atoms with Crippen LogP contribution in [0, 0.1) is 0 Å². The summed E-state index contributed by atoms with van der Waals surface area (Å²) >= 11 is 0. The minimum atomic E-state index is -0.552. The summed E-state index contributed by atoms with van der Waals surface area (Å²) in [5, 5.41) is 21.4. The standard InChI is InChI=1S/C15H26N4O/c20-15(6-1-7-16-11-15)12-17-8-2-10-19-14(5-9-18-19)13-3-4-13/h5,9,13,16-17,20H,1-4,6-8,10-12H2/t15-/m1/s1. The van der Waals surface area contributed by atoms with Crippen molar-refractivity contribution in [2.24, 2.45) is 0 Å². The smallest absolute Gasteiger partial charge is 0.0895 e. The Balaban J connectivity index is 1.34. The molecule has 1 saturated heterocycles. The molecule has 2 fully saturated rings. The monoisotopic (exact) mass is 278 g/mol. The van der Waals surface area contributed by atoms with Crippen LogP contribution in [-0.2, 0) is 6.54 Å². The molecule has 1 aliphatic carbocycles. The Labute approximate surface area is 120 Å². The van der Waals surface area contributed by atoms with E-state index in [9.17, 15) is 5.11 Å². The van der Waals surface area contributed by atoms with Gasteiger partial charge in [0.05, 0.1) is 5.60 Å². The highest BCUT2D eigenvalue weighted by Gasteiger charge is 2.28. The average Bonchev–Trinajstić information content (AvgIpc) is 3.19. The van der Waals surface area contributed by atoms with Crippen molar-refractivity contribution >= 4 is 0 Å². The van der Waals surface area contributed by atoms with E-state index in [1.165, 1.54) is 18.5 Å². The average molecular weight is 278 g/mol. The Kier molecular flexibility index (Phi) is 4.38. The third-order valence-corrected chi connectivity index (χ3v) is 4.37. The maximum Gasteiger partial charge on any atom is 0.0895 e. The number of hydrogen-bond acceptors (Lipinski definition) is 4. The van der Waals surface area contributed by atoms with Gasteiger partial charge in [-0.2, -0.15) is 5.10 Å². The van der Waals surface area contributed by atoms with Gasteiger partial charge in [-0.1, -0.05) is 0 Å². The van der Waals surface area contributed by atoms with Gasteiger partial charge in [0.25, 0.3) is 0 Å². The lowest BCUT2D eigenvalue weighted by Crippen LogP contribution is -2.52. The molecule has 0 unspecified atom stereocenters. The van der Waals surface area contributed by atoms with Gasteiger partial charge < -0.3 is 15.7 Å². The Hall–Kier alpha value is -0.910. The van der Waals surface area contributed by atoms with E-state index < -0.39 is 5.60 Å². The molecule has 3 rings (SSSR count). The first kappa shape index (κ1) is 14.0. The number of piperidine rings is 1. The second kappa shape index (κ2) is 6.24. The van der Waals surface area contributed by atoms with Crippen molar-refractivity contribution in [2.45, 2.75) is 50.2 Å². The molecule has 5 heteroatoms. The summed E-state index contributed by atoms with van der Waals surface area (Å²) in [4.78, 5) is 0. The van der Waals surface area contributed by atoms with Crippen LogP contribution in [-0.4, -0.2) is 46.7 Å². The first-order chi connectivity index (χ1) is 9.77. The Morgan fingerprint density at radius 1 is 1.50 bits per heavy atom. The second-order valence-electron chi connectivity index (χ2n) is 6.29. The van der Waals surface area contributed by atoms with Gasteiger partial charge in [-0.25, -0.2) is 0 Å². The molecule has 0 radical (unpaired) electrons. The molecule has 0 aromatic carbocycles. The summed E-state index contributed by atoms with van der Waals surface area (Å²) in [6.07, 6.45) is 7.59. The van der Waals surface area contributed by atoms with Gasteiger partial charge in [-0.3, -0.25) is 4.68 Å². The number of rotatable bonds is 7. The third-order valence-electron chi connectivity index (χ3n) is 4.37. The molecule has 0 bridgehead atoms. The number of nitrogens with zero attached hydrogens (tertiary/aromatic N) is 2. The molecule has 1 saturated carbocycles. The Bertz CT molecular complexity index is 421. The van der Waals surface area contributed by atoms with Crippen LogP contribution in [0.1, 0.15) is 43.7 Å². The zero-order valence-electron chi connectivity index (χ0n) is 12.1. The minimum Gasteiger partial charge on any atom is -0.387 e. The molecule has 1 aromatic rings. The van der Waals surface area contributed by atoms with E-state index in [0.29, 0.717) is 13.1 Å². The summed E-state index contributed by atoms with van der Waals surface area (Å²) in [6, 6.07) is 2.15. The lowest BCUT2D eigenvalue weighted by Gasteiger charge is -2.32.